The van der Waals surface area contributed by atoms with Crippen LogP contribution in [-0.4, -0.2) is 23.0 Å². The lowest BCUT2D eigenvalue weighted by atomic mass is 10.1. The van der Waals surface area contributed by atoms with Gasteiger partial charge in [0, 0.05) is 6.42 Å². The number of hydrogen-bond acceptors (Lipinski definition) is 5. The van der Waals surface area contributed by atoms with Crippen LogP contribution < -0.4 is 10.2 Å². The summed E-state index contributed by atoms with van der Waals surface area (Å²) in [6.45, 7) is 0.482. The van der Waals surface area contributed by atoms with Gasteiger partial charge in [0.15, 0.2) is 0 Å². The SMILES string of the molecule is O=C(O)CCC(=O)ONC(=O)CCc1ccc(OCc2ccccc2)cc1. The average molecular weight is 371 g/mol. The second kappa shape index (κ2) is 10.6. The number of rotatable bonds is 9. The molecule has 0 saturated heterocycles. The van der Waals surface area contributed by atoms with Crippen LogP contribution in [0.15, 0.2) is 54.6 Å². The second-order valence-corrected chi connectivity index (χ2v) is 5.81. The van der Waals surface area contributed by atoms with Gasteiger partial charge in [0.1, 0.15) is 12.4 Å². The number of hydroxylamine groups is 1. The number of ether oxygens (including phenoxy) is 1. The van der Waals surface area contributed by atoms with Crippen molar-refractivity contribution >= 4 is 17.8 Å². The Bertz CT molecular complexity index is 758. The predicted molar refractivity (Wildman–Crippen MR) is 96.6 cm³/mol. The monoisotopic (exact) mass is 371 g/mol. The number of carboxylic acids is 1. The van der Waals surface area contributed by atoms with Crippen molar-refractivity contribution in [2.24, 2.45) is 0 Å². The number of hydrogen-bond donors (Lipinski definition) is 2. The van der Waals surface area contributed by atoms with E-state index in [-0.39, 0.29) is 19.3 Å². The van der Waals surface area contributed by atoms with Crippen LogP contribution in [0.25, 0.3) is 0 Å². The van der Waals surface area contributed by atoms with Crippen LogP contribution >= 0.6 is 0 Å². The minimum Gasteiger partial charge on any atom is -0.489 e. The minimum absolute atomic E-state index is 0.135. The molecular weight excluding hydrogens is 350 g/mol. The Morgan fingerprint density at radius 1 is 0.852 bits per heavy atom. The Balaban J connectivity index is 1.67. The lowest BCUT2D eigenvalue weighted by Gasteiger charge is -2.08. The molecule has 0 aliphatic carbocycles. The maximum Gasteiger partial charge on any atom is 0.332 e. The molecule has 0 fully saturated rings. The molecule has 2 rings (SSSR count). The molecule has 1 amide bonds. The summed E-state index contributed by atoms with van der Waals surface area (Å²) >= 11 is 0. The Morgan fingerprint density at radius 2 is 1.56 bits per heavy atom. The number of carbonyl (C=O) groups is 3. The summed E-state index contributed by atoms with van der Waals surface area (Å²) in [5.41, 5.74) is 4.04. The number of nitrogens with one attached hydrogen (secondary N) is 1. The molecule has 0 heterocycles. The third kappa shape index (κ3) is 8.04. The van der Waals surface area contributed by atoms with Crippen molar-refractivity contribution in [2.45, 2.75) is 32.3 Å². The average Bonchev–Trinajstić information content (AvgIpc) is 2.69. The van der Waals surface area contributed by atoms with Crippen molar-refractivity contribution < 1.29 is 29.1 Å². The van der Waals surface area contributed by atoms with E-state index in [1.165, 1.54) is 0 Å². The fraction of sp³-hybridized carbons (Fsp3) is 0.250. The molecule has 7 nitrogen and oxygen atoms in total. The number of carboxylic acid groups (broad SMARTS) is 1. The Kier molecular flexibility index (Phi) is 7.84. The molecule has 2 N–H and O–H groups in total. The van der Waals surface area contributed by atoms with Gasteiger partial charge in [0.05, 0.1) is 12.8 Å². The molecule has 142 valence electrons. The Hall–Kier alpha value is -3.35. The molecule has 2 aromatic rings. The van der Waals surface area contributed by atoms with E-state index in [9.17, 15) is 14.4 Å². The van der Waals surface area contributed by atoms with E-state index in [1.54, 1.807) is 0 Å². The van der Waals surface area contributed by atoms with Gasteiger partial charge in [-0.2, -0.15) is 5.48 Å². The van der Waals surface area contributed by atoms with Crippen LogP contribution in [0.2, 0.25) is 0 Å². The van der Waals surface area contributed by atoms with Gasteiger partial charge in [-0.3, -0.25) is 9.59 Å². The number of amides is 1. The van der Waals surface area contributed by atoms with Crippen LogP contribution in [0.1, 0.15) is 30.4 Å². The molecule has 0 saturated carbocycles. The molecule has 0 radical (unpaired) electrons. The zero-order valence-corrected chi connectivity index (χ0v) is 14.7. The maximum absolute atomic E-state index is 11.7. The molecule has 7 heteroatoms. The van der Waals surface area contributed by atoms with Gasteiger partial charge in [0.25, 0.3) is 5.91 Å². The predicted octanol–water partition coefficient (Wildman–Crippen LogP) is 2.64. The lowest BCUT2D eigenvalue weighted by molar-refractivity contribution is -0.159. The first-order chi connectivity index (χ1) is 13.0. The summed E-state index contributed by atoms with van der Waals surface area (Å²) in [6, 6.07) is 17.2. The van der Waals surface area contributed by atoms with E-state index < -0.39 is 17.8 Å². The van der Waals surface area contributed by atoms with Gasteiger partial charge in [-0.25, -0.2) is 4.79 Å². The van der Waals surface area contributed by atoms with E-state index in [4.69, 9.17) is 9.84 Å². The van der Waals surface area contributed by atoms with Crippen LogP contribution in [0.3, 0.4) is 0 Å². The van der Waals surface area contributed by atoms with Gasteiger partial charge in [-0.15, -0.1) is 0 Å². The van der Waals surface area contributed by atoms with Gasteiger partial charge in [0.2, 0.25) is 0 Å². The van der Waals surface area contributed by atoms with E-state index in [0.717, 1.165) is 16.9 Å². The molecule has 27 heavy (non-hydrogen) atoms. The van der Waals surface area contributed by atoms with Crippen LogP contribution in [0.5, 0.6) is 5.75 Å². The highest BCUT2D eigenvalue weighted by atomic mass is 16.7. The number of benzene rings is 2. The standard InChI is InChI=1S/C20H21NO6/c22-18(21-27-20(25)13-12-19(23)24)11-8-15-6-9-17(10-7-15)26-14-16-4-2-1-3-5-16/h1-7,9-10H,8,11-14H2,(H,21,22)(H,23,24). The first kappa shape index (κ1) is 20.0. The van der Waals surface area contributed by atoms with E-state index in [2.05, 4.69) is 4.84 Å². The zero-order valence-electron chi connectivity index (χ0n) is 14.7. The summed E-state index contributed by atoms with van der Waals surface area (Å²) in [5.74, 6) is -1.61. The maximum atomic E-state index is 11.7. The first-order valence-corrected chi connectivity index (χ1v) is 8.49. The fourth-order valence-electron chi connectivity index (χ4n) is 2.18. The highest BCUT2D eigenvalue weighted by Gasteiger charge is 2.09. The van der Waals surface area contributed by atoms with Crippen molar-refractivity contribution in [3.05, 3.63) is 65.7 Å². The summed E-state index contributed by atoms with van der Waals surface area (Å²) in [5, 5.41) is 8.46. The molecule has 0 aliphatic rings. The Morgan fingerprint density at radius 3 is 2.22 bits per heavy atom. The van der Waals surface area contributed by atoms with Crippen molar-refractivity contribution in [1.82, 2.24) is 5.48 Å². The summed E-state index contributed by atoms with van der Waals surface area (Å²) in [6.07, 6.45) is -0.0264. The molecular formula is C20H21NO6. The normalized spacial score (nSPS) is 10.1. The molecule has 0 spiro atoms. The topological polar surface area (TPSA) is 102 Å². The fourth-order valence-corrected chi connectivity index (χ4v) is 2.18. The molecule has 0 atom stereocenters. The minimum atomic E-state index is -1.10. The lowest BCUT2D eigenvalue weighted by Crippen LogP contribution is -2.27. The molecule has 0 bridgehead atoms. The largest absolute Gasteiger partial charge is 0.489 e. The smallest absolute Gasteiger partial charge is 0.332 e. The van der Waals surface area contributed by atoms with Crippen LogP contribution in [0.4, 0.5) is 0 Å². The molecule has 0 aromatic heterocycles. The number of carbonyl (C=O) groups excluding carboxylic acids is 2. The van der Waals surface area contributed by atoms with Crippen molar-refractivity contribution in [3.8, 4) is 5.75 Å². The van der Waals surface area contributed by atoms with E-state index >= 15 is 0 Å². The van der Waals surface area contributed by atoms with E-state index in [1.807, 2.05) is 60.1 Å². The van der Waals surface area contributed by atoms with Gasteiger partial charge in [-0.1, -0.05) is 42.5 Å². The van der Waals surface area contributed by atoms with Crippen molar-refractivity contribution in [1.29, 1.82) is 0 Å². The van der Waals surface area contributed by atoms with Gasteiger partial charge in [-0.05, 0) is 29.7 Å². The van der Waals surface area contributed by atoms with E-state index in [0.29, 0.717) is 13.0 Å². The number of aryl methyl sites for hydroxylation is 1. The third-order valence-electron chi connectivity index (χ3n) is 3.63. The summed E-state index contributed by atoms with van der Waals surface area (Å²) < 4.78 is 5.70. The van der Waals surface area contributed by atoms with Crippen LogP contribution in [-0.2, 0) is 32.2 Å². The highest BCUT2D eigenvalue weighted by Crippen LogP contribution is 2.15. The Labute approximate surface area is 156 Å². The quantitative estimate of drug-likeness (QED) is 0.657. The first-order valence-electron chi connectivity index (χ1n) is 8.49. The summed E-state index contributed by atoms with van der Waals surface area (Å²) in [4.78, 5) is 37.7. The van der Waals surface area contributed by atoms with Crippen molar-refractivity contribution in [3.63, 3.8) is 0 Å². The van der Waals surface area contributed by atoms with Crippen LogP contribution in [0, 0.1) is 0 Å². The molecule has 2 aromatic carbocycles. The molecule has 0 unspecified atom stereocenters. The third-order valence-corrected chi connectivity index (χ3v) is 3.63. The van der Waals surface area contributed by atoms with Gasteiger partial charge < -0.3 is 14.7 Å². The van der Waals surface area contributed by atoms with Gasteiger partial charge >= 0.3 is 11.9 Å². The number of aliphatic carboxylic acids is 1. The zero-order chi connectivity index (χ0) is 19.5. The second-order valence-electron chi connectivity index (χ2n) is 5.81. The summed E-state index contributed by atoms with van der Waals surface area (Å²) in [7, 11) is 0. The molecule has 0 aliphatic heterocycles. The van der Waals surface area contributed by atoms with Crippen molar-refractivity contribution in [2.75, 3.05) is 0 Å². The highest BCUT2D eigenvalue weighted by molar-refractivity contribution is 5.79.